The predicted molar refractivity (Wildman–Crippen MR) is 93.2 cm³/mol. The van der Waals surface area contributed by atoms with E-state index in [0.29, 0.717) is 11.6 Å². The fraction of sp³-hybridized carbons (Fsp3) is 0.176. The van der Waals surface area contributed by atoms with Gasteiger partial charge in [-0.3, -0.25) is 4.72 Å². The molecule has 0 spiro atoms. The minimum Gasteiger partial charge on any atom is -0.481 e. The summed E-state index contributed by atoms with van der Waals surface area (Å²) in [6.45, 7) is 2.24. The molecule has 0 radical (unpaired) electrons. The Morgan fingerprint density at radius 2 is 1.75 bits per heavy atom. The molecule has 150 valence electrons. The smallest absolute Gasteiger partial charge is 0.341 e. The van der Waals surface area contributed by atoms with Crippen LogP contribution in [-0.4, -0.2) is 37.2 Å². The monoisotopic (exact) mass is 415 g/mol. The second-order valence-corrected chi connectivity index (χ2v) is 7.39. The molecule has 28 heavy (non-hydrogen) atoms. The van der Waals surface area contributed by atoms with Gasteiger partial charge in [0.15, 0.2) is 6.61 Å². The number of halogens is 2. The second kappa shape index (κ2) is 7.80. The molecule has 0 fully saturated rings. The highest BCUT2D eigenvalue weighted by atomic mass is 32.2. The number of aliphatic carboxylic acids is 1. The van der Waals surface area contributed by atoms with E-state index >= 15 is 0 Å². The van der Waals surface area contributed by atoms with Gasteiger partial charge >= 0.3 is 11.9 Å². The summed E-state index contributed by atoms with van der Waals surface area (Å²) < 4.78 is 59.7. The van der Waals surface area contributed by atoms with E-state index in [0.717, 1.165) is 0 Å². The van der Waals surface area contributed by atoms with E-state index in [4.69, 9.17) is 14.9 Å². The van der Waals surface area contributed by atoms with Crippen molar-refractivity contribution in [3.63, 3.8) is 0 Å². The van der Waals surface area contributed by atoms with Gasteiger partial charge in [-0.15, -0.1) is 0 Å². The first-order valence-electron chi connectivity index (χ1n) is 7.64. The maximum atomic E-state index is 13.9. The molecule has 2 aromatic carbocycles. The van der Waals surface area contributed by atoms with Gasteiger partial charge in [-0.1, -0.05) is 6.07 Å². The molecule has 3 N–H and O–H groups in total. The second-order valence-electron chi connectivity index (χ2n) is 5.74. The van der Waals surface area contributed by atoms with Gasteiger partial charge in [0, 0.05) is 11.6 Å². The number of anilines is 1. The first-order valence-corrected chi connectivity index (χ1v) is 9.12. The van der Waals surface area contributed by atoms with Gasteiger partial charge < -0.3 is 14.9 Å². The highest BCUT2D eigenvalue weighted by Crippen LogP contribution is 2.31. The normalized spacial score (nSPS) is 11.1. The van der Waals surface area contributed by atoms with Crippen molar-refractivity contribution in [3.8, 4) is 5.75 Å². The van der Waals surface area contributed by atoms with E-state index in [1.54, 1.807) is 6.92 Å². The maximum absolute atomic E-state index is 13.9. The number of carboxylic acids is 2. The minimum absolute atomic E-state index is 0.0241. The van der Waals surface area contributed by atoms with Gasteiger partial charge in [0.2, 0.25) is 0 Å². The van der Waals surface area contributed by atoms with Crippen molar-refractivity contribution >= 4 is 27.6 Å². The van der Waals surface area contributed by atoms with Crippen LogP contribution in [0.1, 0.15) is 21.5 Å². The average Bonchev–Trinajstić information content (AvgIpc) is 2.56. The van der Waals surface area contributed by atoms with E-state index in [9.17, 15) is 26.8 Å². The summed E-state index contributed by atoms with van der Waals surface area (Å²) in [5.41, 5.74) is -1.13. The highest BCUT2D eigenvalue weighted by Gasteiger charge is 2.24. The third kappa shape index (κ3) is 4.36. The van der Waals surface area contributed by atoms with Crippen molar-refractivity contribution in [3.05, 3.63) is 52.6 Å². The van der Waals surface area contributed by atoms with Crippen molar-refractivity contribution in [2.24, 2.45) is 0 Å². The van der Waals surface area contributed by atoms with Gasteiger partial charge in [-0.05, 0) is 31.5 Å². The Hall–Kier alpha value is -3.21. The fourth-order valence-electron chi connectivity index (χ4n) is 2.45. The van der Waals surface area contributed by atoms with Crippen LogP contribution in [0.3, 0.4) is 0 Å². The number of hydrogen-bond donors (Lipinski definition) is 3. The molecule has 2 rings (SSSR count). The van der Waals surface area contributed by atoms with Crippen LogP contribution < -0.4 is 9.46 Å². The first-order chi connectivity index (χ1) is 12.9. The quantitative estimate of drug-likeness (QED) is 0.633. The summed E-state index contributed by atoms with van der Waals surface area (Å²) in [7, 11) is -4.43. The number of carboxylic acid groups (broad SMARTS) is 2. The van der Waals surface area contributed by atoms with E-state index in [-0.39, 0.29) is 22.3 Å². The zero-order valence-corrected chi connectivity index (χ0v) is 15.4. The molecule has 0 heterocycles. The lowest BCUT2D eigenvalue weighted by atomic mass is 10.1. The minimum atomic E-state index is -4.43. The summed E-state index contributed by atoms with van der Waals surface area (Å²) in [4.78, 5) is 21.3. The van der Waals surface area contributed by atoms with Crippen LogP contribution in [0.15, 0.2) is 29.2 Å². The Bertz CT molecular complexity index is 1070. The summed E-state index contributed by atoms with van der Waals surface area (Å²) in [6, 6.07) is 3.34. The molecule has 0 aromatic heterocycles. The molecule has 0 aliphatic carbocycles. The molecular formula is C17H15F2NO7S. The zero-order valence-electron chi connectivity index (χ0n) is 14.6. The molecule has 0 saturated heterocycles. The van der Waals surface area contributed by atoms with Crippen LogP contribution >= 0.6 is 0 Å². The van der Waals surface area contributed by atoms with Crippen molar-refractivity contribution in [2.75, 3.05) is 11.3 Å². The molecule has 2 aromatic rings. The van der Waals surface area contributed by atoms with Crippen LogP contribution in [-0.2, 0) is 14.8 Å². The molecular weight excluding hydrogens is 400 g/mol. The number of ether oxygens (including phenoxy) is 1. The number of rotatable bonds is 7. The van der Waals surface area contributed by atoms with Crippen molar-refractivity contribution in [1.82, 2.24) is 0 Å². The first kappa shape index (κ1) is 21.1. The molecule has 0 bridgehead atoms. The van der Waals surface area contributed by atoms with Crippen molar-refractivity contribution in [2.45, 2.75) is 18.7 Å². The number of aromatic carboxylic acids is 1. The van der Waals surface area contributed by atoms with Gasteiger partial charge in [0.1, 0.15) is 17.4 Å². The molecule has 0 unspecified atom stereocenters. The molecule has 8 nitrogen and oxygen atoms in total. The summed E-state index contributed by atoms with van der Waals surface area (Å²) >= 11 is 0. The summed E-state index contributed by atoms with van der Waals surface area (Å²) in [5, 5.41) is 17.6. The SMILES string of the molecule is Cc1ccc(S(=O)(=O)Nc2cc(C(=O)O)c(F)cc2F)c(C)c1OCC(=O)O. The maximum Gasteiger partial charge on any atom is 0.341 e. The van der Waals surface area contributed by atoms with Gasteiger partial charge in [0.05, 0.1) is 16.1 Å². The van der Waals surface area contributed by atoms with Crippen LogP contribution in [0.25, 0.3) is 0 Å². The Balaban J connectivity index is 2.49. The Morgan fingerprint density at radius 1 is 1.11 bits per heavy atom. The highest BCUT2D eigenvalue weighted by molar-refractivity contribution is 7.92. The lowest BCUT2D eigenvalue weighted by Crippen LogP contribution is -2.18. The zero-order chi connectivity index (χ0) is 21.2. The molecule has 0 aliphatic heterocycles. The van der Waals surface area contributed by atoms with Crippen molar-refractivity contribution < 1.29 is 41.7 Å². The van der Waals surface area contributed by atoms with Gasteiger partial charge in [0.25, 0.3) is 10.0 Å². The molecule has 0 amide bonds. The van der Waals surface area contributed by atoms with Gasteiger partial charge in [-0.25, -0.2) is 26.8 Å². The lowest BCUT2D eigenvalue weighted by molar-refractivity contribution is -0.139. The van der Waals surface area contributed by atoms with Crippen molar-refractivity contribution in [1.29, 1.82) is 0 Å². The lowest BCUT2D eigenvalue weighted by Gasteiger charge is -2.16. The Kier molecular flexibility index (Phi) is 5.88. The summed E-state index contributed by atoms with van der Waals surface area (Å²) in [6.07, 6.45) is 0. The number of nitrogens with one attached hydrogen (secondary N) is 1. The number of carbonyl (C=O) groups is 2. The number of aryl methyl sites for hydroxylation is 1. The largest absolute Gasteiger partial charge is 0.481 e. The Morgan fingerprint density at radius 3 is 2.32 bits per heavy atom. The van der Waals surface area contributed by atoms with Crippen LogP contribution in [0, 0.1) is 25.5 Å². The standard InChI is InChI=1S/C17H15F2NO7S/c1-8-3-4-14(9(2)16(8)27-7-15(21)22)28(25,26)20-13-5-10(17(23)24)11(18)6-12(13)19/h3-6,20H,7H2,1-2H3,(H,21,22)(H,23,24). The van der Waals surface area contributed by atoms with Crippen LogP contribution in [0.5, 0.6) is 5.75 Å². The topological polar surface area (TPSA) is 130 Å². The molecule has 0 aliphatic rings. The molecule has 0 atom stereocenters. The average molecular weight is 415 g/mol. The van der Waals surface area contributed by atoms with E-state index < -0.39 is 51.5 Å². The molecule has 11 heteroatoms. The Labute approximate surface area is 158 Å². The number of benzene rings is 2. The predicted octanol–water partition coefficient (Wildman–Crippen LogP) is 2.54. The van der Waals surface area contributed by atoms with Crippen LogP contribution in [0.2, 0.25) is 0 Å². The number of hydrogen-bond acceptors (Lipinski definition) is 5. The van der Waals surface area contributed by atoms with Gasteiger partial charge in [-0.2, -0.15) is 0 Å². The third-order valence-corrected chi connectivity index (χ3v) is 5.22. The number of sulfonamides is 1. The van der Waals surface area contributed by atoms with E-state index in [1.807, 2.05) is 4.72 Å². The summed E-state index contributed by atoms with van der Waals surface area (Å²) in [5.74, 6) is -5.60. The van der Waals surface area contributed by atoms with E-state index in [1.165, 1.54) is 19.1 Å². The fourth-order valence-corrected chi connectivity index (χ4v) is 3.75. The molecule has 0 saturated carbocycles. The van der Waals surface area contributed by atoms with E-state index in [2.05, 4.69) is 0 Å². The van der Waals surface area contributed by atoms with Crippen LogP contribution in [0.4, 0.5) is 14.5 Å². The third-order valence-electron chi connectivity index (χ3n) is 3.71.